The molecule has 2 aromatic heterocycles. The van der Waals surface area contributed by atoms with E-state index >= 15 is 0 Å². The van der Waals surface area contributed by atoms with Gasteiger partial charge in [0.1, 0.15) is 0 Å². The number of aliphatic carboxylic acids is 1. The van der Waals surface area contributed by atoms with E-state index in [9.17, 15) is 9.59 Å². The number of carbonyl (C=O) groups is 2. The second kappa shape index (κ2) is 7.55. The van der Waals surface area contributed by atoms with Crippen molar-refractivity contribution < 1.29 is 19.2 Å². The maximum atomic E-state index is 12.3. The van der Waals surface area contributed by atoms with E-state index in [1.54, 1.807) is 12.1 Å². The van der Waals surface area contributed by atoms with Crippen LogP contribution in [0.15, 0.2) is 22.7 Å². The quantitative estimate of drug-likeness (QED) is 0.763. The molecule has 2 N–H and O–H groups in total. The Kier molecular flexibility index (Phi) is 5.41. The lowest BCUT2D eigenvalue weighted by molar-refractivity contribution is -0.139. The molecule has 1 aliphatic carbocycles. The largest absolute Gasteiger partial charge is 0.480 e. The lowest BCUT2D eigenvalue weighted by Crippen LogP contribution is -2.54. The van der Waals surface area contributed by atoms with Crippen molar-refractivity contribution in [1.29, 1.82) is 0 Å². The first-order valence-corrected chi connectivity index (χ1v) is 9.14. The van der Waals surface area contributed by atoms with Gasteiger partial charge in [-0.2, -0.15) is 0 Å². The number of nitrogens with one attached hydrogen (secondary N) is 1. The molecule has 1 saturated carbocycles. The summed E-state index contributed by atoms with van der Waals surface area (Å²) in [6.07, 6.45) is 1.47. The van der Waals surface area contributed by atoms with Gasteiger partial charge in [-0.05, 0) is 31.5 Å². The summed E-state index contributed by atoms with van der Waals surface area (Å²) >= 11 is 7.25. The van der Waals surface area contributed by atoms with Crippen molar-refractivity contribution in [2.24, 2.45) is 0 Å². The fourth-order valence-corrected chi connectivity index (χ4v) is 3.87. The molecule has 0 unspecified atom stereocenters. The monoisotopic (exact) mass is 383 g/mol. The number of thiophene rings is 1. The zero-order valence-corrected chi connectivity index (χ0v) is 15.1. The summed E-state index contributed by atoms with van der Waals surface area (Å²) in [7, 11) is 0. The van der Waals surface area contributed by atoms with E-state index in [1.165, 1.54) is 11.3 Å². The van der Waals surface area contributed by atoms with E-state index in [4.69, 9.17) is 21.2 Å². The molecule has 0 aromatic carbocycles. The van der Waals surface area contributed by atoms with Gasteiger partial charge in [0.15, 0.2) is 11.5 Å². The standard InChI is InChI=1S/C16H18ClN3O4S/c1-2-20(8-15(21)22)10-5-9(6-10)18-16(23)11-7-12(24-19-11)13-3-4-14(17)25-13/h3-4,7,9-10H,2,5-6,8H2,1H3,(H,18,23)(H,21,22). The molecule has 0 radical (unpaired) electrons. The predicted octanol–water partition coefficient (Wildman–Crippen LogP) is 2.72. The molecule has 134 valence electrons. The SMILES string of the molecule is CCN(CC(=O)O)C1CC(NC(=O)c2cc(-c3ccc(Cl)s3)on2)C1. The third kappa shape index (κ3) is 4.20. The number of nitrogens with zero attached hydrogens (tertiary/aromatic N) is 2. The molecule has 9 heteroatoms. The van der Waals surface area contributed by atoms with Crippen LogP contribution < -0.4 is 5.32 Å². The van der Waals surface area contributed by atoms with Crippen LogP contribution in [0, 0.1) is 0 Å². The van der Waals surface area contributed by atoms with Gasteiger partial charge in [0.25, 0.3) is 5.91 Å². The molecule has 1 fully saturated rings. The third-order valence-electron chi connectivity index (χ3n) is 4.27. The van der Waals surface area contributed by atoms with E-state index in [0.717, 1.165) is 17.7 Å². The topological polar surface area (TPSA) is 95.7 Å². The highest BCUT2D eigenvalue weighted by atomic mass is 35.5. The predicted molar refractivity (Wildman–Crippen MR) is 94.0 cm³/mol. The molecule has 1 amide bonds. The van der Waals surface area contributed by atoms with Gasteiger partial charge in [-0.3, -0.25) is 14.5 Å². The maximum absolute atomic E-state index is 12.3. The Labute approximate surface area is 153 Å². The Bertz CT molecular complexity index is 769. The third-order valence-corrected chi connectivity index (χ3v) is 5.51. The highest BCUT2D eigenvalue weighted by Gasteiger charge is 2.35. The van der Waals surface area contributed by atoms with E-state index in [0.29, 0.717) is 16.6 Å². The Morgan fingerprint density at radius 3 is 2.84 bits per heavy atom. The van der Waals surface area contributed by atoms with Crippen LogP contribution in [-0.2, 0) is 4.79 Å². The van der Waals surface area contributed by atoms with Crippen molar-refractivity contribution in [3.05, 3.63) is 28.2 Å². The summed E-state index contributed by atoms with van der Waals surface area (Å²) in [6.45, 7) is 2.63. The number of halogens is 1. The zero-order chi connectivity index (χ0) is 18.0. The minimum absolute atomic E-state index is 0.0247. The molecular formula is C16H18ClN3O4S. The van der Waals surface area contributed by atoms with Crippen LogP contribution in [0.25, 0.3) is 10.6 Å². The second-order valence-electron chi connectivity index (χ2n) is 5.93. The Morgan fingerprint density at radius 1 is 1.48 bits per heavy atom. The molecule has 2 aromatic rings. The van der Waals surface area contributed by atoms with E-state index in [1.807, 2.05) is 17.9 Å². The zero-order valence-electron chi connectivity index (χ0n) is 13.6. The average Bonchev–Trinajstić information content (AvgIpc) is 3.16. The summed E-state index contributed by atoms with van der Waals surface area (Å²) in [4.78, 5) is 25.8. The molecule has 0 aliphatic heterocycles. The van der Waals surface area contributed by atoms with Gasteiger partial charge in [-0.15, -0.1) is 11.3 Å². The summed E-state index contributed by atoms with van der Waals surface area (Å²) in [5, 5.41) is 15.6. The molecule has 7 nitrogen and oxygen atoms in total. The minimum atomic E-state index is -0.835. The van der Waals surface area contributed by atoms with Crippen molar-refractivity contribution in [2.75, 3.05) is 13.1 Å². The van der Waals surface area contributed by atoms with E-state index in [-0.39, 0.29) is 30.2 Å². The Morgan fingerprint density at radius 2 is 2.24 bits per heavy atom. The highest BCUT2D eigenvalue weighted by molar-refractivity contribution is 7.19. The second-order valence-corrected chi connectivity index (χ2v) is 7.65. The fourth-order valence-electron chi connectivity index (χ4n) is 2.88. The number of carboxylic acid groups (broad SMARTS) is 1. The lowest BCUT2D eigenvalue weighted by Gasteiger charge is -2.42. The first-order chi connectivity index (χ1) is 12.0. The van der Waals surface area contributed by atoms with Crippen molar-refractivity contribution in [2.45, 2.75) is 31.8 Å². The first-order valence-electron chi connectivity index (χ1n) is 7.95. The van der Waals surface area contributed by atoms with Gasteiger partial charge in [0, 0.05) is 18.2 Å². The number of rotatable bonds is 7. The van der Waals surface area contributed by atoms with Crippen molar-refractivity contribution in [1.82, 2.24) is 15.4 Å². The highest BCUT2D eigenvalue weighted by Crippen LogP contribution is 2.31. The summed E-state index contributed by atoms with van der Waals surface area (Å²) < 4.78 is 5.84. The summed E-state index contributed by atoms with van der Waals surface area (Å²) in [6, 6.07) is 5.38. The van der Waals surface area contributed by atoms with Crippen LogP contribution in [0.5, 0.6) is 0 Å². The molecule has 2 heterocycles. The first kappa shape index (κ1) is 17.9. The van der Waals surface area contributed by atoms with Crippen LogP contribution in [0.2, 0.25) is 4.34 Å². The molecule has 0 saturated heterocycles. The minimum Gasteiger partial charge on any atom is -0.480 e. The van der Waals surface area contributed by atoms with Crippen LogP contribution in [-0.4, -0.2) is 52.2 Å². The normalized spacial score (nSPS) is 19.6. The maximum Gasteiger partial charge on any atom is 0.317 e. The lowest BCUT2D eigenvalue weighted by atomic mass is 9.85. The number of aromatic nitrogens is 1. The van der Waals surface area contributed by atoms with Gasteiger partial charge < -0.3 is 14.9 Å². The number of carbonyl (C=O) groups excluding carboxylic acids is 1. The molecular weight excluding hydrogens is 366 g/mol. The molecule has 0 bridgehead atoms. The molecule has 3 rings (SSSR count). The van der Waals surface area contributed by atoms with Crippen LogP contribution >= 0.6 is 22.9 Å². The number of hydrogen-bond donors (Lipinski definition) is 2. The van der Waals surface area contributed by atoms with E-state index < -0.39 is 5.97 Å². The summed E-state index contributed by atoms with van der Waals surface area (Å²) in [5.41, 5.74) is 0.223. The van der Waals surface area contributed by atoms with Crippen molar-refractivity contribution in [3.8, 4) is 10.6 Å². The van der Waals surface area contributed by atoms with Crippen LogP contribution in [0.4, 0.5) is 0 Å². The van der Waals surface area contributed by atoms with E-state index in [2.05, 4.69) is 10.5 Å². The number of likely N-dealkylation sites (N-methyl/N-ethyl adjacent to an activating group) is 1. The molecule has 25 heavy (non-hydrogen) atoms. The van der Waals surface area contributed by atoms with Crippen LogP contribution in [0.1, 0.15) is 30.3 Å². The molecule has 0 atom stereocenters. The van der Waals surface area contributed by atoms with Crippen molar-refractivity contribution in [3.63, 3.8) is 0 Å². The fraction of sp³-hybridized carbons (Fsp3) is 0.438. The van der Waals surface area contributed by atoms with Gasteiger partial charge >= 0.3 is 5.97 Å². The van der Waals surface area contributed by atoms with Gasteiger partial charge in [-0.25, -0.2) is 0 Å². The number of amides is 1. The average molecular weight is 384 g/mol. The van der Waals surface area contributed by atoms with Crippen LogP contribution in [0.3, 0.4) is 0 Å². The van der Waals surface area contributed by atoms with Crippen molar-refractivity contribution >= 4 is 34.8 Å². The number of carboxylic acids is 1. The number of hydrogen-bond acceptors (Lipinski definition) is 6. The molecule has 0 spiro atoms. The summed E-state index contributed by atoms with van der Waals surface area (Å²) in [5.74, 6) is -0.618. The Hall–Kier alpha value is -1.90. The smallest absolute Gasteiger partial charge is 0.317 e. The molecule has 1 aliphatic rings. The van der Waals surface area contributed by atoms with Gasteiger partial charge in [-0.1, -0.05) is 23.7 Å². The van der Waals surface area contributed by atoms with Gasteiger partial charge in [0.2, 0.25) is 0 Å². The van der Waals surface area contributed by atoms with Gasteiger partial charge in [0.05, 0.1) is 15.8 Å². The Balaban J connectivity index is 1.52.